The number of phenols is 1. The smallest absolute Gasteiger partial charge is 0.407 e. The van der Waals surface area contributed by atoms with E-state index in [0.29, 0.717) is 29.1 Å². The number of para-hydroxylation sites is 1. The standard InChI is InChI=1S/C28H32N2O5/c1-18-15-21(16-19(2)25(18)34-14-13-29-27(33)35-28(3,4)5)26(32)30-22-10-8-9-20(17-22)23-11-6-7-12-24(23)31/h6-12,15-17,31H,13-14H2,1-5H3,(H,29,33)(H,30,32). The molecule has 0 aliphatic rings. The van der Waals surface area contributed by atoms with Crippen molar-refractivity contribution < 1.29 is 24.2 Å². The van der Waals surface area contributed by atoms with Crippen LogP contribution in [-0.2, 0) is 4.74 Å². The normalized spacial score (nSPS) is 11.0. The number of alkyl carbamates (subject to hydrolysis) is 1. The topological polar surface area (TPSA) is 96.9 Å². The van der Waals surface area contributed by atoms with Gasteiger partial charge in [0.05, 0.1) is 6.54 Å². The van der Waals surface area contributed by atoms with E-state index in [4.69, 9.17) is 9.47 Å². The molecule has 0 saturated carbocycles. The highest BCUT2D eigenvalue weighted by atomic mass is 16.6. The summed E-state index contributed by atoms with van der Waals surface area (Å²) in [6.07, 6.45) is -0.492. The van der Waals surface area contributed by atoms with Crippen LogP contribution in [0.4, 0.5) is 10.5 Å². The van der Waals surface area contributed by atoms with Gasteiger partial charge in [-0.2, -0.15) is 0 Å². The van der Waals surface area contributed by atoms with Gasteiger partial charge in [0.25, 0.3) is 5.91 Å². The molecule has 7 nitrogen and oxygen atoms in total. The minimum absolute atomic E-state index is 0.180. The maximum absolute atomic E-state index is 12.9. The van der Waals surface area contributed by atoms with Crippen molar-refractivity contribution in [1.82, 2.24) is 5.32 Å². The highest BCUT2D eigenvalue weighted by Crippen LogP contribution is 2.30. The van der Waals surface area contributed by atoms with Crippen LogP contribution in [0.15, 0.2) is 60.7 Å². The van der Waals surface area contributed by atoms with Crippen LogP contribution in [-0.4, -0.2) is 35.9 Å². The highest BCUT2D eigenvalue weighted by molar-refractivity contribution is 6.05. The summed E-state index contributed by atoms with van der Waals surface area (Å²) in [6.45, 7) is 9.72. The molecule has 3 rings (SSSR count). The Balaban J connectivity index is 1.63. The first-order valence-corrected chi connectivity index (χ1v) is 11.4. The fourth-order valence-corrected chi connectivity index (χ4v) is 3.61. The quantitative estimate of drug-likeness (QED) is 0.373. The monoisotopic (exact) mass is 476 g/mol. The number of benzene rings is 3. The van der Waals surface area contributed by atoms with E-state index >= 15 is 0 Å². The number of hydrogen-bond donors (Lipinski definition) is 3. The Morgan fingerprint density at radius 1 is 0.943 bits per heavy atom. The number of hydrogen-bond acceptors (Lipinski definition) is 5. The number of carbonyl (C=O) groups is 2. The molecule has 2 amide bonds. The first kappa shape index (κ1) is 25.6. The van der Waals surface area contributed by atoms with Gasteiger partial charge >= 0.3 is 6.09 Å². The van der Waals surface area contributed by atoms with Gasteiger partial charge in [0.2, 0.25) is 0 Å². The Bertz CT molecular complexity index is 1190. The van der Waals surface area contributed by atoms with E-state index < -0.39 is 11.7 Å². The van der Waals surface area contributed by atoms with Gasteiger partial charge in [0.15, 0.2) is 0 Å². The van der Waals surface area contributed by atoms with Gasteiger partial charge in [0.1, 0.15) is 23.7 Å². The molecule has 0 aliphatic heterocycles. The van der Waals surface area contributed by atoms with Crippen LogP contribution in [0.25, 0.3) is 11.1 Å². The molecule has 0 atom stereocenters. The number of amides is 2. The molecule has 7 heteroatoms. The van der Waals surface area contributed by atoms with E-state index in [9.17, 15) is 14.7 Å². The van der Waals surface area contributed by atoms with Crippen molar-refractivity contribution in [3.05, 3.63) is 77.4 Å². The molecule has 3 aromatic carbocycles. The van der Waals surface area contributed by atoms with E-state index in [2.05, 4.69) is 10.6 Å². The predicted molar refractivity (Wildman–Crippen MR) is 137 cm³/mol. The first-order chi connectivity index (χ1) is 16.5. The Hall–Kier alpha value is -4.00. The number of ether oxygens (including phenoxy) is 2. The number of aromatic hydroxyl groups is 1. The minimum Gasteiger partial charge on any atom is -0.507 e. The van der Waals surface area contributed by atoms with Crippen LogP contribution in [0.2, 0.25) is 0 Å². The molecule has 0 bridgehead atoms. The molecule has 3 aromatic rings. The van der Waals surface area contributed by atoms with Crippen molar-refractivity contribution in [2.45, 2.75) is 40.2 Å². The number of anilines is 1. The minimum atomic E-state index is -0.556. The summed E-state index contributed by atoms with van der Waals surface area (Å²) in [5.74, 6) is 0.608. The summed E-state index contributed by atoms with van der Waals surface area (Å²) in [4.78, 5) is 24.7. The Kier molecular flexibility index (Phi) is 8.02. The van der Waals surface area contributed by atoms with Crippen molar-refractivity contribution in [1.29, 1.82) is 0 Å². The van der Waals surface area contributed by atoms with E-state index in [1.54, 1.807) is 51.1 Å². The summed E-state index contributed by atoms with van der Waals surface area (Å²) < 4.78 is 11.1. The lowest BCUT2D eigenvalue weighted by Gasteiger charge is -2.20. The van der Waals surface area contributed by atoms with Crippen molar-refractivity contribution in [3.8, 4) is 22.6 Å². The second-order valence-corrected chi connectivity index (χ2v) is 9.27. The van der Waals surface area contributed by atoms with Gasteiger partial charge in [-0.05, 0) is 81.6 Å². The zero-order chi connectivity index (χ0) is 25.6. The SMILES string of the molecule is Cc1cc(C(=O)Nc2cccc(-c3ccccc3O)c2)cc(C)c1OCCNC(=O)OC(C)(C)C. The average Bonchev–Trinajstić information content (AvgIpc) is 2.77. The number of nitrogens with one attached hydrogen (secondary N) is 2. The predicted octanol–water partition coefficient (Wildman–Crippen LogP) is 5.83. The lowest BCUT2D eigenvalue weighted by Crippen LogP contribution is -2.34. The summed E-state index contributed by atoms with van der Waals surface area (Å²) in [5.41, 5.74) is 3.70. The number of rotatable bonds is 7. The molecule has 0 heterocycles. The Labute approximate surface area is 206 Å². The largest absolute Gasteiger partial charge is 0.507 e. The maximum Gasteiger partial charge on any atom is 0.407 e. The van der Waals surface area contributed by atoms with Crippen molar-refractivity contribution in [3.63, 3.8) is 0 Å². The number of carbonyl (C=O) groups excluding carboxylic acids is 2. The molecule has 0 aliphatic carbocycles. The third-order valence-corrected chi connectivity index (χ3v) is 5.07. The van der Waals surface area contributed by atoms with Gasteiger partial charge in [-0.1, -0.05) is 30.3 Å². The van der Waals surface area contributed by atoms with Gasteiger partial charge in [-0.15, -0.1) is 0 Å². The molecule has 0 radical (unpaired) electrons. The average molecular weight is 477 g/mol. The summed E-state index contributed by atoms with van der Waals surface area (Å²) in [7, 11) is 0. The zero-order valence-electron chi connectivity index (χ0n) is 20.8. The zero-order valence-corrected chi connectivity index (χ0v) is 20.8. The molecule has 0 unspecified atom stereocenters. The van der Waals surface area contributed by atoms with Gasteiger partial charge in [-0.3, -0.25) is 4.79 Å². The van der Waals surface area contributed by atoms with Crippen LogP contribution in [0, 0.1) is 13.8 Å². The number of aryl methyl sites for hydroxylation is 2. The van der Waals surface area contributed by atoms with Crippen molar-refractivity contribution in [2.24, 2.45) is 0 Å². The first-order valence-electron chi connectivity index (χ1n) is 11.4. The van der Waals surface area contributed by atoms with Crippen molar-refractivity contribution in [2.75, 3.05) is 18.5 Å². The Morgan fingerprint density at radius 3 is 2.29 bits per heavy atom. The summed E-state index contributed by atoms with van der Waals surface area (Å²) in [6, 6.07) is 17.9. The van der Waals surface area contributed by atoms with Crippen LogP contribution in [0.5, 0.6) is 11.5 Å². The van der Waals surface area contributed by atoms with Crippen LogP contribution in [0.3, 0.4) is 0 Å². The molecule has 3 N–H and O–H groups in total. The fourth-order valence-electron chi connectivity index (χ4n) is 3.61. The van der Waals surface area contributed by atoms with E-state index in [-0.39, 0.29) is 18.3 Å². The molecule has 35 heavy (non-hydrogen) atoms. The van der Waals surface area contributed by atoms with E-state index in [0.717, 1.165) is 16.7 Å². The third kappa shape index (κ3) is 7.24. The van der Waals surface area contributed by atoms with E-state index in [1.807, 2.05) is 44.2 Å². The highest BCUT2D eigenvalue weighted by Gasteiger charge is 2.16. The number of phenolic OH excluding ortho intramolecular Hbond substituents is 1. The summed E-state index contributed by atoms with van der Waals surface area (Å²) in [5, 5.41) is 15.7. The van der Waals surface area contributed by atoms with Crippen LogP contribution in [0.1, 0.15) is 42.3 Å². The van der Waals surface area contributed by atoms with Crippen molar-refractivity contribution >= 4 is 17.7 Å². The molecule has 0 saturated heterocycles. The lowest BCUT2D eigenvalue weighted by molar-refractivity contribution is 0.0520. The second kappa shape index (κ2) is 11.0. The molecule has 0 aromatic heterocycles. The lowest BCUT2D eigenvalue weighted by atomic mass is 10.0. The second-order valence-electron chi connectivity index (χ2n) is 9.27. The maximum atomic E-state index is 12.9. The van der Waals surface area contributed by atoms with Crippen LogP contribution < -0.4 is 15.4 Å². The molecule has 0 fully saturated rings. The summed E-state index contributed by atoms with van der Waals surface area (Å²) >= 11 is 0. The fraction of sp³-hybridized carbons (Fsp3) is 0.286. The molecular weight excluding hydrogens is 444 g/mol. The molecule has 0 spiro atoms. The van der Waals surface area contributed by atoms with E-state index in [1.165, 1.54) is 0 Å². The molecular formula is C28H32N2O5. The van der Waals surface area contributed by atoms with Gasteiger partial charge in [0, 0.05) is 16.8 Å². The van der Waals surface area contributed by atoms with Gasteiger partial charge in [-0.25, -0.2) is 4.79 Å². The third-order valence-electron chi connectivity index (χ3n) is 5.07. The van der Waals surface area contributed by atoms with Gasteiger partial charge < -0.3 is 25.2 Å². The molecule has 184 valence electrons. The Morgan fingerprint density at radius 2 is 1.63 bits per heavy atom. The van der Waals surface area contributed by atoms with Crippen LogP contribution >= 0.6 is 0 Å².